The van der Waals surface area contributed by atoms with E-state index >= 15 is 0 Å². The molecule has 3 amide bonds. The SMILES string of the molecule is CCCc1cccnc1-n1nc(Cn2cc([N+](=O)[O-])c(C(F)(F)F)n2)cc1C(=O)Nc1c(C)cc(O)cc1C(=O)NN(C)C(=O)OC. The number of benzene rings is 1. The number of hydrogen-bond acceptors (Lipinski definition) is 10. The number of hydrazine groups is 1. The lowest BCUT2D eigenvalue weighted by atomic mass is 10.1. The zero-order valence-corrected chi connectivity index (χ0v) is 25.3. The summed E-state index contributed by atoms with van der Waals surface area (Å²) < 4.78 is 46.7. The standard InChI is InChI=1S/C28H28F3N9O7/c1-5-7-16-8-6-9-32-24(16)39-20(11-17(34-39)13-38-14-21(40(45)46)23(35-38)28(29,30)31)26(43)33-22-15(2)10-18(41)12-19(22)25(42)36-37(3)27(44)47-4/h6,8-12,14,41H,5,7,13H2,1-4H3,(H,33,43)(H,36,42). The van der Waals surface area contributed by atoms with Crippen LogP contribution in [0, 0.1) is 17.0 Å². The Morgan fingerprint density at radius 1 is 1.17 bits per heavy atom. The topological polar surface area (TPSA) is 200 Å². The first-order valence-electron chi connectivity index (χ1n) is 13.7. The third kappa shape index (κ3) is 7.45. The van der Waals surface area contributed by atoms with Crippen molar-refractivity contribution in [1.29, 1.82) is 0 Å². The van der Waals surface area contributed by atoms with Crippen molar-refractivity contribution < 1.29 is 42.3 Å². The summed E-state index contributed by atoms with van der Waals surface area (Å²) >= 11 is 0. The van der Waals surface area contributed by atoms with Gasteiger partial charge in [0, 0.05) is 13.2 Å². The molecule has 0 saturated heterocycles. The van der Waals surface area contributed by atoms with Crippen LogP contribution in [0.2, 0.25) is 0 Å². The number of nitrogens with zero attached hydrogens (tertiary/aromatic N) is 7. The molecule has 0 unspecified atom stereocenters. The minimum atomic E-state index is -5.10. The highest BCUT2D eigenvalue weighted by Crippen LogP contribution is 2.35. The van der Waals surface area contributed by atoms with E-state index in [2.05, 4.69) is 30.7 Å². The van der Waals surface area contributed by atoms with E-state index in [0.717, 1.165) is 18.2 Å². The summed E-state index contributed by atoms with van der Waals surface area (Å²) in [6.07, 6.45) is -2.72. The molecular weight excluding hydrogens is 631 g/mol. The van der Waals surface area contributed by atoms with Crippen molar-refractivity contribution in [3.05, 3.63) is 86.6 Å². The maximum absolute atomic E-state index is 13.9. The van der Waals surface area contributed by atoms with Crippen LogP contribution in [-0.2, 0) is 23.9 Å². The maximum Gasteiger partial charge on any atom is 0.442 e. The second-order valence-corrected chi connectivity index (χ2v) is 10.1. The number of methoxy groups -OCH3 is 1. The van der Waals surface area contributed by atoms with E-state index in [9.17, 15) is 42.8 Å². The number of nitrogens with one attached hydrogen (secondary N) is 2. The Bertz CT molecular complexity index is 1850. The summed E-state index contributed by atoms with van der Waals surface area (Å²) in [5.74, 6) is -1.82. The molecule has 16 nitrogen and oxygen atoms in total. The number of pyridine rings is 1. The lowest BCUT2D eigenvalue weighted by molar-refractivity contribution is -0.388. The van der Waals surface area contributed by atoms with E-state index in [4.69, 9.17) is 0 Å². The monoisotopic (exact) mass is 659 g/mol. The molecule has 248 valence electrons. The average molecular weight is 660 g/mol. The molecule has 47 heavy (non-hydrogen) atoms. The molecule has 19 heteroatoms. The Morgan fingerprint density at radius 3 is 2.51 bits per heavy atom. The Balaban J connectivity index is 1.79. The fourth-order valence-corrected chi connectivity index (χ4v) is 4.60. The Labute approximate surface area is 263 Å². The molecule has 0 aliphatic heterocycles. The minimum Gasteiger partial charge on any atom is -0.508 e. The first-order valence-corrected chi connectivity index (χ1v) is 13.7. The third-order valence-corrected chi connectivity index (χ3v) is 6.63. The van der Waals surface area contributed by atoms with E-state index in [1.54, 1.807) is 12.1 Å². The molecule has 0 atom stereocenters. The maximum atomic E-state index is 13.9. The number of phenols is 1. The van der Waals surface area contributed by atoms with Gasteiger partial charge in [-0.1, -0.05) is 19.4 Å². The molecule has 0 aliphatic carbocycles. The molecule has 0 radical (unpaired) electrons. The summed E-state index contributed by atoms with van der Waals surface area (Å²) in [5.41, 5.74) is -0.205. The van der Waals surface area contributed by atoms with Gasteiger partial charge in [0.05, 0.1) is 35.5 Å². The normalized spacial score (nSPS) is 11.2. The van der Waals surface area contributed by atoms with Crippen LogP contribution >= 0.6 is 0 Å². The fraction of sp³-hybridized carbons (Fsp3) is 0.286. The zero-order chi connectivity index (χ0) is 34.6. The van der Waals surface area contributed by atoms with Crippen LogP contribution in [0.5, 0.6) is 5.75 Å². The number of anilines is 1. The number of aryl methyl sites for hydroxylation is 2. The van der Waals surface area contributed by atoms with Crippen LogP contribution < -0.4 is 10.7 Å². The summed E-state index contributed by atoms with van der Waals surface area (Å²) in [6.45, 7) is 2.92. The van der Waals surface area contributed by atoms with Gasteiger partial charge in [0.15, 0.2) is 5.82 Å². The summed E-state index contributed by atoms with van der Waals surface area (Å²) in [7, 11) is 2.31. The highest BCUT2D eigenvalue weighted by Gasteiger charge is 2.42. The van der Waals surface area contributed by atoms with Crippen LogP contribution in [-0.4, -0.2) is 71.6 Å². The first kappa shape index (κ1) is 33.9. The van der Waals surface area contributed by atoms with Gasteiger partial charge in [-0.05, 0) is 48.7 Å². The van der Waals surface area contributed by atoms with Gasteiger partial charge >= 0.3 is 18.0 Å². The number of nitro groups is 1. The molecule has 4 rings (SSSR count). The number of ether oxygens (including phenoxy) is 1. The second kappa shape index (κ2) is 13.5. The van der Waals surface area contributed by atoms with E-state index in [1.165, 1.54) is 37.0 Å². The first-order chi connectivity index (χ1) is 22.1. The molecule has 1 aromatic carbocycles. The van der Waals surface area contributed by atoms with Gasteiger partial charge < -0.3 is 15.2 Å². The highest BCUT2D eigenvalue weighted by molar-refractivity contribution is 6.09. The predicted octanol–water partition coefficient (Wildman–Crippen LogP) is 4.00. The fourth-order valence-electron chi connectivity index (χ4n) is 4.60. The Morgan fingerprint density at radius 2 is 1.89 bits per heavy atom. The average Bonchev–Trinajstić information content (AvgIpc) is 3.63. The third-order valence-electron chi connectivity index (χ3n) is 6.63. The number of hydrogen-bond donors (Lipinski definition) is 3. The van der Waals surface area contributed by atoms with Crippen LogP contribution in [0.25, 0.3) is 5.82 Å². The summed E-state index contributed by atoms with van der Waals surface area (Å²) in [5, 5.41) is 32.6. The minimum absolute atomic E-state index is 0.00512. The van der Waals surface area contributed by atoms with E-state index < -0.39 is 46.9 Å². The van der Waals surface area contributed by atoms with Crippen molar-refractivity contribution in [3.63, 3.8) is 0 Å². The number of aromatic hydroxyl groups is 1. The van der Waals surface area contributed by atoms with Crippen molar-refractivity contribution in [2.75, 3.05) is 19.5 Å². The molecule has 4 aromatic rings. The van der Waals surface area contributed by atoms with Gasteiger partial charge in [-0.2, -0.15) is 23.4 Å². The number of aromatic nitrogens is 5. The number of alkyl halides is 3. The summed E-state index contributed by atoms with van der Waals surface area (Å²) in [6, 6.07) is 7.01. The second-order valence-electron chi connectivity index (χ2n) is 10.1. The number of carbonyl (C=O) groups excluding carboxylic acids is 3. The van der Waals surface area contributed by atoms with Gasteiger partial charge in [-0.3, -0.25) is 29.8 Å². The molecule has 3 N–H and O–H groups in total. The summed E-state index contributed by atoms with van der Waals surface area (Å²) in [4.78, 5) is 53.2. The van der Waals surface area contributed by atoms with Gasteiger partial charge in [0.2, 0.25) is 5.69 Å². The lowest BCUT2D eigenvalue weighted by Crippen LogP contribution is -2.43. The Hall–Kier alpha value is -6.01. The van der Waals surface area contributed by atoms with Crippen molar-refractivity contribution in [2.24, 2.45) is 0 Å². The van der Waals surface area contributed by atoms with Crippen LogP contribution in [0.3, 0.4) is 0 Å². The lowest BCUT2D eigenvalue weighted by Gasteiger charge is -2.19. The number of phenolic OH excluding ortho intramolecular Hbond substituents is 1. The number of halogens is 3. The van der Waals surface area contributed by atoms with Crippen molar-refractivity contribution in [1.82, 2.24) is 35.0 Å². The van der Waals surface area contributed by atoms with Crippen LogP contribution in [0.15, 0.2) is 42.7 Å². The zero-order valence-electron chi connectivity index (χ0n) is 25.3. The van der Waals surface area contributed by atoms with E-state index in [-0.39, 0.29) is 39.8 Å². The van der Waals surface area contributed by atoms with Gasteiger partial charge in [0.1, 0.15) is 17.6 Å². The van der Waals surface area contributed by atoms with Crippen LogP contribution in [0.4, 0.5) is 29.3 Å². The molecule has 0 saturated carbocycles. The van der Waals surface area contributed by atoms with E-state index in [0.29, 0.717) is 29.3 Å². The largest absolute Gasteiger partial charge is 0.508 e. The number of carbonyl (C=O) groups is 3. The van der Waals surface area contributed by atoms with Crippen molar-refractivity contribution >= 4 is 29.3 Å². The highest BCUT2D eigenvalue weighted by atomic mass is 19.4. The molecule has 0 aliphatic rings. The predicted molar refractivity (Wildman–Crippen MR) is 157 cm³/mol. The number of amides is 3. The molecule has 0 bridgehead atoms. The van der Waals surface area contributed by atoms with E-state index in [1.807, 2.05) is 6.92 Å². The van der Waals surface area contributed by atoms with Gasteiger partial charge in [0.25, 0.3) is 11.8 Å². The molecule has 0 fully saturated rings. The molecule has 3 heterocycles. The van der Waals surface area contributed by atoms with Crippen molar-refractivity contribution in [3.8, 4) is 11.6 Å². The quantitative estimate of drug-likeness (QED) is 0.134. The van der Waals surface area contributed by atoms with Crippen molar-refractivity contribution in [2.45, 2.75) is 39.4 Å². The van der Waals surface area contributed by atoms with Gasteiger partial charge in [-0.15, -0.1) is 0 Å². The van der Waals surface area contributed by atoms with Gasteiger partial charge in [-0.25, -0.2) is 19.5 Å². The number of rotatable bonds is 9. The van der Waals surface area contributed by atoms with Crippen LogP contribution in [0.1, 0.15) is 56.7 Å². The molecular formula is C28H28F3N9O7. The molecule has 3 aromatic heterocycles. The molecule has 0 spiro atoms. The smallest absolute Gasteiger partial charge is 0.442 e. The Kier molecular flexibility index (Phi) is 9.76.